The summed E-state index contributed by atoms with van der Waals surface area (Å²) >= 11 is 6.38. The molecule has 110 valence electrons. The predicted molar refractivity (Wildman–Crippen MR) is 83.6 cm³/mol. The van der Waals surface area contributed by atoms with E-state index < -0.39 is 0 Å². The molecule has 1 aromatic rings. The van der Waals surface area contributed by atoms with Gasteiger partial charge in [0.25, 0.3) is 0 Å². The van der Waals surface area contributed by atoms with Crippen molar-refractivity contribution in [2.45, 2.75) is 51.0 Å². The standard InChI is InChI=1S/C17H24ClNO/c18-16-11-13(10-14-4-3-9-19-12-14)7-8-17(16)20-15-5-1-2-6-15/h7-8,11,14-15,19H,1-6,9-10,12H2. The molecule has 1 atom stereocenters. The molecule has 1 aliphatic heterocycles. The molecule has 1 N–H and O–H groups in total. The van der Waals surface area contributed by atoms with E-state index in [1.54, 1.807) is 0 Å². The smallest absolute Gasteiger partial charge is 0.138 e. The number of halogens is 1. The van der Waals surface area contributed by atoms with Gasteiger partial charge >= 0.3 is 0 Å². The Bertz CT molecular complexity index is 437. The van der Waals surface area contributed by atoms with Gasteiger partial charge in [0.2, 0.25) is 0 Å². The summed E-state index contributed by atoms with van der Waals surface area (Å²) in [6.45, 7) is 2.31. The van der Waals surface area contributed by atoms with Gasteiger partial charge in [-0.2, -0.15) is 0 Å². The molecule has 1 heterocycles. The van der Waals surface area contributed by atoms with Crippen molar-refractivity contribution in [3.63, 3.8) is 0 Å². The zero-order valence-corrected chi connectivity index (χ0v) is 12.8. The molecule has 0 amide bonds. The topological polar surface area (TPSA) is 21.3 Å². The maximum absolute atomic E-state index is 6.38. The van der Waals surface area contributed by atoms with Crippen LogP contribution in [0.15, 0.2) is 18.2 Å². The van der Waals surface area contributed by atoms with E-state index in [1.807, 2.05) is 0 Å². The Morgan fingerprint density at radius 2 is 2.00 bits per heavy atom. The number of hydrogen-bond donors (Lipinski definition) is 1. The first kappa shape index (κ1) is 14.2. The summed E-state index contributed by atoms with van der Waals surface area (Å²) < 4.78 is 6.01. The molecule has 1 aliphatic carbocycles. The fraction of sp³-hybridized carbons (Fsp3) is 0.647. The lowest BCUT2D eigenvalue weighted by molar-refractivity contribution is 0.210. The highest BCUT2D eigenvalue weighted by atomic mass is 35.5. The van der Waals surface area contributed by atoms with E-state index in [4.69, 9.17) is 16.3 Å². The average molecular weight is 294 g/mol. The van der Waals surface area contributed by atoms with Gasteiger partial charge in [0.15, 0.2) is 0 Å². The van der Waals surface area contributed by atoms with E-state index in [0.717, 1.165) is 29.7 Å². The lowest BCUT2D eigenvalue weighted by atomic mass is 9.92. The van der Waals surface area contributed by atoms with Gasteiger partial charge in [-0.3, -0.25) is 0 Å². The Morgan fingerprint density at radius 3 is 2.70 bits per heavy atom. The molecule has 0 aromatic heterocycles. The maximum atomic E-state index is 6.38. The fourth-order valence-corrected chi connectivity index (χ4v) is 3.63. The Kier molecular flexibility index (Phi) is 4.85. The molecule has 20 heavy (non-hydrogen) atoms. The normalized spacial score (nSPS) is 23.9. The van der Waals surface area contributed by atoms with Crippen molar-refractivity contribution >= 4 is 11.6 Å². The molecule has 1 saturated carbocycles. The number of piperidine rings is 1. The van der Waals surface area contributed by atoms with Gasteiger partial charge in [0.05, 0.1) is 11.1 Å². The van der Waals surface area contributed by atoms with Crippen molar-refractivity contribution in [2.24, 2.45) is 5.92 Å². The van der Waals surface area contributed by atoms with Crippen molar-refractivity contribution in [3.05, 3.63) is 28.8 Å². The Labute approximate surface area is 126 Å². The minimum atomic E-state index is 0.376. The van der Waals surface area contributed by atoms with Crippen LogP contribution in [0.2, 0.25) is 5.02 Å². The van der Waals surface area contributed by atoms with Gasteiger partial charge in [-0.05, 0) is 81.6 Å². The van der Waals surface area contributed by atoms with E-state index in [2.05, 4.69) is 23.5 Å². The molecule has 1 unspecified atom stereocenters. The van der Waals surface area contributed by atoms with Crippen LogP contribution in [-0.4, -0.2) is 19.2 Å². The fourth-order valence-electron chi connectivity index (χ4n) is 3.38. The number of hydrogen-bond acceptors (Lipinski definition) is 2. The first-order valence-corrected chi connectivity index (χ1v) is 8.35. The summed E-state index contributed by atoms with van der Waals surface area (Å²) in [6, 6.07) is 6.34. The summed E-state index contributed by atoms with van der Waals surface area (Å²) in [5, 5.41) is 4.25. The van der Waals surface area contributed by atoms with E-state index >= 15 is 0 Å². The summed E-state index contributed by atoms with van der Waals surface area (Å²) in [7, 11) is 0. The minimum Gasteiger partial charge on any atom is -0.489 e. The average Bonchev–Trinajstić information content (AvgIpc) is 2.96. The van der Waals surface area contributed by atoms with Gasteiger partial charge in [0.1, 0.15) is 5.75 Å². The quantitative estimate of drug-likeness (QED) is 0.898. The van der Waals surface area contributed by atoms with Crippen LogP contribution >= 0.6 is 11.6 Å². The number of rotatable bonds is 4. The largest absolute Gasteiger partial charge is 0.489 e. The van der Waals surface area contributed by atoms with Gasteiger partial charge in [0, 0.05) is 0 Å². The van der Waals surface area contributed by atoms with Gasteiger partial charge in [-0.15, -0.1) is 0 Å². The van der Waals surface area contributed by atoms with Gasteiger partial charge in [-0.25, -0.2) is 0 Å². The van der Waals surface area contributed by atoms with Gasteiger partial charge < -0.3 is 10.1 Å². The highest BCUT2D eigenvalue weighted by molar-refractivity contribution is 6.32. The zero-order chi connectivity index (χ0) is 13.8. The van der Waals surface area contributed by atoms with Crippen LogP contribution in [0.3, 0.4) is 0 Å². The van der Waals surface area contributed by atoms with Crippen LogP contribution in [0.4, 0.5) is 0 Å². The summed E-state index contributed by atoms with van der Waals surface area (Å²) in [6.07, 6.45) is 9.03. The Balaban J connectivity index is 1.60. The lowest BCUT2D eigenvalue weighted by Crippen LogP contribution is -2.30. The lowest BCUT2D eigenvalue weighted by Gasteiger charge is -2.23. The van der Waals surface area contributed by atoms with Crippen molar-refractivity contribution in [2.75, 3.05) is 13.1 Å². The zero-order valence-electron chi connectivity index (χ0n) is 12.0. The minimum absolute atomic E-state index is 0.376. The maximum Gasteiger partial charge on any atom is 0.138 e. The third-order valence-electron chi connectivity index (χ3n) is 4.52. The summed E-state index contributed by atoms with van der Waals surface area (Å²) in [5.74, 6) is 1.62. The molecule has 0 spiro atoms. The highest BCUT2D eigenvalue weighted by Gasteiger charge is 2.18. The molecule has 3 rings (SSSR count). The first-order chi connectivity index (χ1) is 9.81. The predicted octanol–water partition coefficient (Wildman–Crippen LogP) is 4.20. The first-order valence-electron chi connectivity index (χ1n) is 7.97. The summed E-state index contributed by atoms with van der Waals surface area (Å²) in [4.78, 5) is 0. The van der Waals surface area contributed by atoms with Crippen LogP contribution in [0.1, 0.15) is 44.1 Å². The second-order valence-electron chi connectivity index (χ2n) is 6.21. The third kappa shape index (κ3) is 3.67. The SMILES string of the molecule is Clc1cc(CC2CCCNC2)ccc1OC1CCCC1. The Morgan fingerprint density at radius 1 is 1.15 bits per heavy atom. The van der Waals surface area contributed by atoms with Crippen molar-refractivity contribution < 1.29 is 4.74 Å². The molecule has 3 heteroatoms. The van der Waals surface area contributed by atoms with Crippen LogP contribution < -0.4 is 10.1 Å². The van der Waals surface area contributed by atoms with Crippen LogP contribution in [0, 0.1) is 5.92 Å². The molecular weight excluding hydrogens is 270 g/mol. The van der Waals surface area contributed by atoms with Crippen molar-refractivity contribution in [3.8, 4) is 5.75 Å². The van der Waals surface area contributed by atoms with Gasteiger partial charge in [-0.1, -0.05) is 17.7 Å². The van der Waals surface area contributed by atoms with E-state index in [-0.39, 0.29) is 0 Å². The monoisotopic (exact) mass is 293 g/mol. The molecule has 1 saturated heterocycles. The van der Waals surface area contributed by atoms with Crippen molar-refractivity contribution in [1.29, 1.82) is 0 Å². The van der Waals surface area contributed by atoms with Crippen molar-refractivity contribution in [1.82, 2.24) is 5.32 Å². The van der Waals surface area contributed by atoms with Crippen LogP contribution in [0.5, 0.6) is 5.75 Å². The summed E-state index contributed by atoms with van der Waals surface area (Å²) in [5.41, 5.74) is 1.34. The number of benzene rings is 1. The number of ether oxygens (including phenoxy) is 1. The third-order valence-corrected chi connectivity index (χ3v) is 4.81. The molecule has 0 bridgehead atoms. The van der Waals surface area contributed by atoms with E-state index in [0.29, 0.717) is 6.10 Å². The van der Waals surface area contributed by atoms with E-state index in [9.17, 15) is 0 Å². The van der Waals surface area contributed by atoms with Crippen LogP contribution in [-0.2, 0) is 6.42 Å². The highest BCUT2D eigenvalue weighted by Crippen LogP contribution is 2.31. The second kappa shape index (κ2) is 6.82. The molecule has 2 nitrogen and oxygen atoms in total. The number of nitrogens with one attached hydrogen (secondary N) is 1. The Hall–Kier alpha value is -0.730. The molecule has 2 aliphatic rings. The second-order valence-corrected chi connectivity index (χ2v) is 6.61. The molecular formula is C17H24ClNO. The molecule has 2 fully saturated rings. The van der Waals surface area contributed by atoms with Crippen LogP contribution in [0.25, 0.3) is 0 Å². The van der Waals surface area contributed by atoms with E-state index in [1.165, 1.54) is 50.6 Å². The molecule has 0 radical (unpaired) electrons. The molecule has 1 aromatic carbocycles.